The number of hydrogen-bond acceptors (Lipinski definition) is 3. The van der Waals surface area contributed by atoms with Crippen LogP contribution in [0.4, 0.5) is 0 Å². The highest BCUT2D eigenvalue weighted by atomic mass is 15.3. The third kappa shape index (κ3) is 5.47. The molecule has 0 radical (unpaired) electrons. The first-order valence-electron chi connectivity index (χ1n) is 6.07. The lowest BCUT2D eigenvalue weighted by atomic mass is 10.2. The lowest BCUT2D eigenvalue weighted by molar-refractivity contribution is 0.132. The van der Waals surface area contributed by atoms with E-state index in [0.29, 0.717) is 0 Å². The van der Waals surface area contributed by atoms with E-state index in [2.05, 4.69) is 15.1 Å². The SMILES string of the molecule is C[N-]CCCN1CCN(CCCN)CC1. The summed E-state index contributed by atoms with van der Waals surface area (Å²) in [5, 5.41) is 4.12. The molecule has 1 aliphatic rings. The first-order chi connectivity index (χ1) is 7.36. The minimum Gasteiger partial charge on any atom is -0.665 e. The Morgan fingerprint density at radius 2 is 1.53 bits per heavy atom. The van der Waals surface area contributed by atoms with E-state index in [4.69, 9.17) is 5.73 Å². The van der Waals surface area contributed by atoms with Gasteiger partial charge in [0, 0.05) is 26.2 Å². The molecule has 1 aliphatic heterocycles. The van der Waals surface area contributed by atoms with Gasteiger partial charge in [0.25, 0.3) is 0 Å². The molecule has 0 spiro atoms. The second-order valence-electron chi connectivity index (χ2n) is 4.22. The average Bonchev–Trinajstić information content (AvgIpc) is 2.28. The standard InChI is InChI=1S/C11H25N4/c1-13-5-3-7-15-10-8-14(9-11-15)6-2-4-12/h2-12H2,1H3/q-1. The molecular weight excluding hydrogens is 188 g/mol. The van der Waals surface area contributed by atoms with Crippen molar-refractivity contribution in [2.75, 3.05) is 59.4 Å². The number of hydrogen-bond donors (Lipinski definition) is 1. The zero-order valence-corrected chi connectivity index (χ0v) is 9.99. The fraction of sp³-hybridized carbons (Fsp3) is 1.00. The summed E-state index contributed by atoms with van der Waals surface area (Å²) in [6.45, 7) is 9.07. The Hall–Kier alpha value is -0.160. The minimum absolute atomic E-state index is 0.818. The predicted octanol–water partition coefficient (Wildman–Crippen LogP) is 0.346. The molecule has 1 heterocycles. The molecule has 0 atom stereocenters. The van der Waals surface area contributed by atoms with Crippen molar-refractivity contribution in [3.05, 3.63) is 5.32 Å². The molecule has 90 valence electrons. The van der Waals surface area contributed by atoms with Gasteiger partial charge >= 0.3 is 0 Å². The average molecular weight is 213 g/mol. The molecule has 1 rings (SSSR count). The van der Waals surface area contributed by atoms with Gasteiger partial charge in [-0.25, -0.2) is 0 Å². The Balaban J connectivity index is 2.02. The van der Waals surface area contributed by atoms with Gasteiger partial charge in [0.1, 0.15) is 0 Å². The molecule has 0 bridgehead atoms. The van der Waals surface area contributed by atoms with Crippen molar-refractivity contribution in [2.24, 2.45) is 5.73 Å². The summed E-state index contributed by atoms with van der Waals surface area (Å²) >= 11 is 0. The molecule has 0 saturated carbocycles. The van der Waals surface area contributed by atoms with Crippen molar-refractivity contribution in [2.45, 2.75) is 12.8 Å². The Morgan fingerprint density at radius 3 is 2.00 bits per heavy atom. The van der Waals surface area contributed by atoms with Crippen LogP contribution < -0.4 is 5.73 Å². The Kier molecular flexibility index (Phi) is 6.92. The first-order valence-corrected chi connectivity index (χ1v) is 6.07. The molecule has 0 aromatic heterocycles. The molecule has 15 heavy (non-hydrogen) atoms. The maximum atomic E-state index is 5.51. The van der Waals surface area contributed by atoms with Crippen LogP contribution in [0.3, 0.4) is 0 Å². The van der Waals surface area contributed by atoms with Crippen LogP contribution in [0.2, 0.25) is 0 Å². The van der Waals surface area contributed by atoms with E-state index in [1.54, 1.807) is 0 Å². The number of nitrogens with zero attached hydrogens (tertiary/aromatic N) is 3. The zero-order valence-electron chi connectivity index (χ0n) is 9.99. The zero-order chi connectivity index (χ0) is 10.9. The highest BCUT2D eigenvalue weighted by Crippen LogP contribution is 2.03. The normalized spacial score (nSPS) is 19.6. The van der Waals surface area contributed by atoms with Crippen LogP contribution in [-0.4, -0.2) is 69.2 Å². The van der Waals surface area contributed by atoms with Gasteiger partial charge in [0.15, 0.2) is 0 Å². The van der Waals surface area contributed by atoms with Gasteiger partial charge in [-0.15, -0.1) is 6.54 Å². The Morgan fingerprint density at radius 1 is 1.00 bits per heavy atom. The topological polar surface area (TPSA) is 46.6 Å². The Bertz CT molecular complexity index is 144. The van der Waals surface area contributed by atoms with Crippen molar-refractivity contribution < 1.29 is 0 Å². The van der Waals surface area contributed by atoms with Crippen LogP contribution in [-0.2, 0) is 0 Å². The van der Waals surface area contributed by atoms with Crippen molar-refractivity contribution in [3.63, 3.8) is 0 Å². The fourth-order valence-electron chi connectivity index (χ4n) is 2.00. The van der Waals surface area contributed by atoms with E-state index >= 15 is 0 Å². The molecule has 4 heteroatoms. The summed E-state index contributed by atoms with van der Waals surface area (Å²) in [7, 11) is 1.89. The molecule has 0 unspecified atom stereocenters. The second-order valence-corrected chi connectivity index (χ2v) is 4.22. The molecule has 1 fully saturated rings. The molecular formula is C11H25N4-. The molecule has 2 N–H and O–H groups in total. The summed E-state index contributed by atoms with van der Waals surface area (Å²) in [5.74, 6) is 0. The summed E-state index contributed by atoms with van der Waals surface area (Å²) in [6.07, 6.45) is 2.34. The minimum atomic E-state index is 0.818. The van der Waals surface area contributed by atoms with Crippen molar-refractivity contribution >= 4 is 0 Å². The van der Waals surface area contributed by atoms with E-state index < -0.39 is 0 Å². The van der Waals surface area contributed by atoms with Crippen LogP contribution in [0.15, 0.2) is 0 Å². The van der Waals surface area contributed by atoms with E-state index in [1.165, 1.54) is 45.7 Å². The predicted molar refractivity (Wildman–Crippen MR) is 65.3 cm³/mol. The van der Waals surface area contributed by atoms with Gasteiger partial charge in [-0.05, 0) is 26.1 Å². The molecule has 0 aromatic rings. The van der Waals surface area contributed by atoms with Crippen molar-refractivity contribution in [1.29, 1.82) is 0 Å². The van der Waals surface area contributed by atoms with Crippen molar-refractivity contribution in [1.82, 2.24) is 9.80 Å². The molecule has 4 nitrogen and oxygen atoms in total. The summed E-state index contributed by atoms with van der Waals surface area (Å²) < 4.78 is 0. The molecule has 1 saturated heterocycles. The summed E-state index contributed by atoms with van der Waals surface area (Å²) in [5.41, 5.74) is 5.51. The van der Waals surface area contributed by atoms with E-state index in [0.717, 1.165) is 19.5 Å². The monoisotopic (exact) mass is 213 g/mol. The first kappa shape index (κ1) is 12.9. The van der Waals surface area contributed by atoms with Crippen LogP contribution >= 0.6 is 0 Å². The maximum Gasteiger partial charge on any atom is 0.0110 e. The van der Waals surface area contributed by atoms with Crippen LogP contribution in [0.5, 0.6) is 0 Å². The molecule has 0 amide bonds. The Labute approximate surface area is 93.8 Å². The molecule has 0 aliphatic carbocycles. The van der Waals surface area contributed by atoms with Crippen molar-refractivity contribution in [3.8, 4) is 0 Å². The maximum absolute atomic E-state index is 5.51. The van der Waals surface area contributed by atoms with Gasteiger partial charge in [-0.2, -0.15) is 7.05 Å². The van der Waals surface area contributed by atoms with Gasteiger partial charge in [-0.3, -0.25) is 0 Å². The number of piperazine rings is 1. The van der Waals surface area contributed by atoms with Crippen LogP contribution in [0.1, 0.15) is 12.8 Å². The van der Waals surface area contributed by atoms with Crippen LogP contribution in [0.25, 0.3) is 5.32 Å². The second kappa shape index (κ2) is 8.05. The highest BCUT2D eigenvalue weighted by Gasteiger charge is 2.14. The third-order valence-corrected chi connectivity index (χ3v) is 3.00. The van der Waals surface area contributed by atoms with E-state index in [-0.39, 0.29) is 0 Å². The number of rotatable bonds is 7. The smallest absolute Gasteiger partial charge is 0.0110 e. The third-order valence-electron chi connectivity index (χ3n) is 3.00. The highest BCUT2D eigenvalue weighted by molar-refractivity contribution is 4.75. The number of nitrogens with two attached hydrogens (primary N) is 1. The lowest BCUT2D eigenvalue weighted by Gasteiger charge is -2.35. The fourth-order valence-corrected chi connectivity index (χ4v) is 2.00. The van der Waals surface area contributed by atoms with Gasteiger partial charge in [-0.1, -0.05) is 6.42 Å². The van der Waals surface area contributed by atoms with Crippen LogP contribution in [0, 0.1) is 0 Å². The quantitative estimate of drug-likeness (QED) is 0.621. The summed E-state index contributed by atoms with van der Waals surface area (Å²) in [6, 6.07) is 0. The van der Waals surface area contributed by atoms with Gasteiger partial charge < -0.3 is 20.9 Å². The van der Waals surface area contributed by atoms with E-state index in [1.807, 2.05) is 7.05 Å². The van der Waals surface area contributed by atoms with Gasteiger partial charge in [0.2, 0.25) is 0 Å². The largest absolute Gasteiger partial charge is 0.665 e. The summed E-state index contributed by atoms with van der Waals surface area (Å²) in [4.78, 5) is 5.07. The lowest BCUT2D eigenvalue weighted by Crippen LogP contribution is -2.47. The molecule has 0 aromatic carbocycles. The van der Waals surface area contributed by atoms with E-state index in [9.17, 15) is 0 Å². The van der Waals surface area contributed by atoms with Gasteiger partial charge in [0.05, 0.1) is 0 Å².